The monoisotopic (exact) mass is 255 g/mol. The standard InChI is InChI=1S/C15H10FNO2/c16-10-3-6-14-12(7-10)13(18)8-15(19-14)9-1-4-11(17)5-2-9/h1-8H,17H2. The van der Waals surface area contributed by atoms with Crippen molar-refractivity contribution in [1.82, 2.24) is 0 Å². The lowest BCUT2D eigenvalue weighted by Gasteiger charge is -2.03. The van der Waals surface area contributed by atoms with Crippen LogP contribution in [0.1, 0.15) is 0 Å². The molecule has 3 rings (SSSR count). The van der Waals surface area contributed by atoms with Gasteiger partial charge in [-0.15, -0.1) is 0 Å². The molecule has 19 heavy (non-hydrogen) atoms. The molecule has 1 heterocycles. The summed E-state index contributed by atoms with van der Waals surface area (Å²) >= 11 is 0. The molecular weight excluding hydrogens is 245 g/mol. The van der Waals surface area contributed by atoms with Gasteiger partial charge in [0.15, 0.2) is 5.43 Å². The summed E-state index contributed by atoms with van der Waals surface area (Å²) in [6.45, 7) is 0. The molecule has 0 aliphatic rings. The van der Waals surface area contributed by atoms with Crippen molar-refractivity contribution in [1.29, 1.82) is 0 Å². The second kappa shape index (κ2) is 4.24. The van der Waals surface area contributed by atoms with Crippen LogP contribution in [-0.4, -0.2) is 0 Å². The number of hydrogen-bond acceptors (Lipinski definition) is 3. The van der Waals surface area contributed by atoms with Gasteiger partial charge in [-0.05, 0) is 42.5 Å². The lowest BCUT2D eigenvalue weighted by Crippen LogP contribution is -2.00. The maximum absolute atomic E-state index is 13.1. The molecule has 3 nitrogen and oxygen atoms in total. The predicted octanol–water partition coefficient (Wildman–Crippen LogP) is 3.18. The third kappa shape index (κ3) is 2.08. The highest BCUT2D eigenvalue weighted by atomic mass is 19.1. The highest BCUT2D eigenvalue weighted by Gasteiger charge is 2.07. The van der Waals surface area contributed by atoms with Crippen LogP contribution in [0.25, 0.3) is 22.3 Å². The molecular formula is C15H10FNO2. The minimum Gasteiger partial charge on any atom is -0.456 e. The summed E-state index contributed by atoms with van der Waals surface area (Å²) in [4.78, 5) is 11.9. The normalized spacial score (nSPS) is 10.8. The first-order chi connectivity index (χ1) is 9.13. The summed E-state index contributed by atoms with van der Waals surface area (Å²) < 4.78 is 18.7. The van der Waals surface area contributed by atoms with Gasteiger partial charge in [0, 0.05) is 17.3 Å². The molecule has 0 atom stereocenters. The van der Waals surface area contributed by atoms with Gasteiger partial charge in [-0.25, -0.2) is 4.39 Å². The van der Waals surface area contributed by atoms with E-state index in [0.717, 1.165) is 5.56 Å². The van der Waals surface area contributed by atoms with E-state index in [2.05, 4.69) is 0 Å². The van der Waals surface area contributed by atoms with Crippen molar-refractivity contribution < 1.29 is 8.81 Å². The molecule has 0 amide bonds. The number of nitrogens with two attached hydrogens (primary N) is 1. The Morgan fingerprint density at radius 1 is 1.00 bits per heavy atom. The Kier molecular flexibility index (Phi) is 2.56. The molecule has 3 aromatic rings. The van der Waals surface area contributed by atoms with Crippen LogP contribution in [0.4, 0.5) is 10.1 Å². The predicted molar refractivity (Wildman–Crippen MR) is 72.3 cm³/mol. The molecule has 0 saturated carbocycles. The van der Waals surface area contributed by atoms with Gasteiger partial charge < -0.3 is 10.2 Å². The molecule has 0 radical (unpaired) electrons. The fraction of sp³-hybridized carbons (Fsp3) is 0. The zero-order valence-corrected chi connectivity index (χ0v) is 9.89. The molecule has 0 fully saturated rings. The molecule has 0 bridgehead atoms. The van der Waals surface area contributed by atoms with Crippen molar-refractivity contribution in [2.24, 2.45) is 0 Å². The first-order valence-corrected chi connectivity index (χ1v) is 5.73. The van der Waals surface area contributed by atoms with Crippen LogP contribution in [0.15, 0.2) is 57.7 Å². The third-order valence-electron chi connectivity index (χ3n) is 2.88. The number of halogens is 1. The summed E-state index contributed by atoms with van der Waals surface area (Å²) in [5.41, 5.74) is 7.08. The van der Waals surface area contributed by atoms with Gasteiger partial charge in [0.25, 0.3) is 0 Å². The second-order valence-corrected chi connectivity index (χ2v) is 4.24. The van der Waals surface area contributed by atoms with Gasteiger partial charge in [-0.3, -0.25) is 4.79 Å². The van der Waals surface area contributed by atoms with Crippen LogP contribution in [0.2, 0.25) is 0 Å². The van der Waals surface area contributed by atoms with E-state index in [9.17, 15) is 9.18 Å². The maximum Gasteiger partial charge on any atom is 0.193 e. The van der Waals surface area contributed by atoms with Gasteiger partial charge in [0.05, 0.1) is 5.39 Å². The van der Waals surface area contributed by atoms with E-state index in [1.54, 1.807) is 24.3 Å². The van der Waals surface area contributed by atoms with Crippen LogP contribution in [0, 0.1) is 5.82 Å². The van der Waals surface area contributed by atoms with E-state index in [1.165, 1.54) is 24.3 Å². The molecule has 0 aliphatic heterocycles. The van der Waals surface area contributed by atoms with Crippen LogP contribution in [0.5, 0.6) is 0 Å². The highest BCUT2D eigenvalue weighted by molar-refractivity contribution is 5.78. The van der Waals surface area contributed by atoms with Crippen molar-refractivity contribution in [2.45, 2.75) is 0 Å². The number of hydrogen-bond donors (Lipinski definition) is 1. The van der Waals surface area contributed by atoms with Crippen molar-refractivity contribution in [3.05, 3.63) is 64.6 Å². The van der Waals surface area contributed by atoms with Gasteiger partial charge >= 0.3 is 0 Å². The van der Waals surface area contributed by atoms with Gasteiger partial charge in [0.1, 0.15) is 17.2 Å². The third-order valence-corrected chi connectivity index (χ3v) is 2.88. The average Bonchev–Trinajstić information content (AvgIpc) is 2.40. The van der Waals surface area contributed by atoms with E-state index in [4.69, 9.17) is 10.2 Å². The Morgan fingerprint density at radius 3 is 2.47 bits per heavy atom. The number of anilines is 1. The average molecular weight is 255 g/mol. The summed E-state index contributed by atoms with van der Waals surface area (Å²) in [5.74, 6) is -0.0239. The first kappa shape index (κ1) is 11.5. The Hall–Kier alpha value is -2.62. The zero-order valence-electron chi connectivity index (χ0n) is 9.89. The van der Waals surface area contributed by atoms with Gasteiger partial charge in [0.2, 0.25) is 0 Å². The molecule has 0 aliphatic carbocycles. The fourth-order valence-electron chi connectivity index (χ4n) is 1.92. The van der Waals surface area contributed by atoms with Gasteiger partial charge in [-0.1, -0.05) is 0 Å². The summed E-state index contributed by atoms with van der Waals surface area (Å²) in [6, 6.07) is 12.2. The smallest absolute Gasteiger partial charge is 0.193 e. The second-order valence-electron chi connectivity index (χ2n) is 4.24. The highest BCUT2D eigenvalue weighted by Crippen LogP contribution is 2.23. The van der Waals surface area contributed by atoms with Crippen LogP contribution in [-0.2, 0) is 0 Å². The number of rotatable bonds is 1. The van der Waals surface area contributed by atoms with E-state index in [-0.39, 0.29) is 10.8 Å². The summed E-state index contributed by atoms with van der Waals surface area (Å²) in [7, 11) is 0. The summed E-state index contributed by atoms with van der Waals surface area (Å²) in [6.07, 6.45) is 0. The maximum atomic E-state index is 13.1. The van der Waals surface area contributed by atoms with E-state index >= 15 is 0 Å². The number of nitrogen functional groups attached to an aromatic ring is 1. The Morgan fingerprint density at radius 2 is 1.74 bits per heavy atom. The molecule has 4 heteroatoms. The summed E-state index contributed by atoms with van der Waals surface area (Å²) in [5, 5.41) is 0.235. The SMILES string of the molecule is Nc1ccc(-c2cc(=O)c3cc(F)ccc3o2)cc1. The molecule has 94 valence electrons. The van der Waals surface area contributed by atoms with E-state index in [0.29, 0.717) is 17.0 Å². The van der Waals surface area contributed by atoms with E-state index < -0.39 is 5.82 Å². The molecule has 1 aromatic heterocycles. The molecule has 2 aromatic carbocycles. The molecule has 0 spiro atoms. The fourth-order valence-corrected chi connectivity index (χ4v) is 1.92. The largest absolute Gasteiger partial charge is 0.456 e. The Labute approximate surface area is 108 Å². The minimum atomic E-state index is -0.458. The lowest BCUT2D eigenvalue weighted by atomic mass is 10.1. The van der Waals surface area contributed by atoms with E-state index in [1.807, 2.05) is 0 Å². The van der Waals surface area contributed by atoms with Crippen molar-refractivity contribution in [3.8, 4) is 11.3 Å². The van der Waals surface area contributed by atoms with Crippen molar-refractivity contribution in [3.63, 3.8) is 0 Å². The van der Waals surface area contributed by atoms with Crippen LogP contribution in [0.3, 0.4) is 0 Å². The molecule has 0 unspecified atom stereocenters. The Bertz CT molecular complexity index is 806. The zero-order chi connectivity index (χ0) is 13.4. The number of benzene rings is 2. The lowest BCUT2D eigenvalue weighted by molar-refractivity contribution is 0.608. The van der Waals surface area contributed by atoms with Gasteiger partial charge in [-0.2, -0.15) is 0 Å². The van der Waals surface area contributed by atoms with Crippen LogP contribution < -0.4 is 11.2 Å². The van der Waals surface area contributed by atoms with Crippen LogP contribution >= 0.6 is 0 Å². The number of fused-ring (bicyclic) bond motifs is 1. The Balaban J connectivity index is 2.24. The molecule has 0 saturated heterocycles. The topological polar surface area (TPSA) is 56.2 Å². The minimum absolute atomic E-state index is 0.235. The van der Waals surface area contributed by atoms with Crippen molar-refractivity contribution >= 4 is 16.7 Å². The van der Waals surface area contributed by atoms with Crippen molar-refractivity contribution in [2.75, 3.05) is 5.73 Å². The quantitative estimate of drug-likeness (QED) is 0.679. The molecule has 2 N–H and O–H groups in total. The first-order valence-electron chi connectivity index (χ1n) is 5.73.